The van der Waals surface area contributed by atoms with Crippen LogP contribution in [0.15, 0.2) is 24.3 Å². The van der Waals surface area contributed by atoms with Gasteiger partial charge in [-0.25, -0.2) is 0 Å². The number of nitrogens with two attached hydrogens (primary N) is 1. The first-order valence-corrected chi connectivity index (χ1v) is 5.43. The molecule has 1 heterocycles. The second kappa shape index (κ2) is 3.14. The van der Waals surface area contributed by atoms with Gasteiger partial charge in [-0.05, 0) is 25.0 Å². The van der Waals surface area contributed by atoms with Crippen molar-refractivity contribution in [2.75, 3.05) is 13.2 Å². The van der Waals surface area contributed by atoms with Crippen molar-refractivity contribution in [2.45, 2.75) is 18.9 Å². The van der Waals surface area contributed by atoms with Gasteiger partial charge in [0.1, 0.15) is 12.7 Å². The zero-order valence-electron chi connectivity index (χ0n) is 8.61. The Bertz CT molecular complexity index is 374. The summed E-state index contributed by atoms with van der Waals surface area (Å²) in [6, 6.07) is 7.81. The Balaban J connectivity index is 1.83. The summed E-state index contributed by atoms with van der Waals surface area (Å²) in [7, 11) is 0. The smallest absolute Gasteiger partial charge is 0.161 e. The molecule has 1 unspecified atom stereocenters. The first kappa shape index (κ1) is 9.04. The van der Waals surface area contributed by atoms with Gasteiger partial charge in [0.15, 0.2) is 11.5 Å². The molecule has 0 saturated heterocycles. The molecule has 3 rings (SSSR count). The van der Waals surface area contributed by atoms with Crippen LogP contribution < -0.4 is 15.2 Å². The Morgan fingerprint density at radius 1 is 1.27 bits per heavy atom. The van der Waals surface area contributed by atoms with E-state index in [9.17, 15) is 0 Å². The van der Waals surface area contributed by atoms with Gasteiger partial charge in [-0.1, -0.05) is 12.1 Å². The van der Waals surface area contributed by atoms with E-state index in [0.29, 0.717) is 13.2 Å². The highest BCUT2D eigenvalue weighted by Gasteiger charge is 2.51. The van der Waals surface area contributed by atoms with E-state index in [1.54, 1.807) is 0 Å². The average Bonchev–Trinajstić information content (AvgIpc) is 3.09. The van der Waals surface area contributed by atoms with Crippen LogP contribution in [0.5, 0.6) is 11.5 Å². The highest BCUT2D eigenvalue weighted by atomic mass is 16.6. The normalized spacial score (nSPS) is 26.1. The number of benzene rings is 1. The van der Waals surface area contributed by atoms with Gasteiger partial charge >= 0.3 is 0 Å². The van der Waals surface area contributed by atoms with Crippen molar-refractivity contribution >= 4 is 0 Å². The fourth-order valence-electron chi connectivity index (χ4n) is 2.14. The second-order valence-electron chi connectivity index (χ2n) is 4.43. The van der Waals surface area contributed by atoms with Crippen molar-refractivity contribution in [3.05, 3.63) is 24.3 Å². The zero-order chi connectivity index (χ0) is 10.3. The number of rotatable bonds is 2. The third-order valence-electron chi connectivity index (χ3n) is 3.49. The van der Waals surface area contributed by atoms with E-state index in [4.69, 9.17) is 15.2 Å². The monoisotopic (exact) mass is 205 g/mol. The molecule has 0 aromatic heterocycles. The van der Waals surface area contributed by atoms with Crippen LogP contribution in [0.3, 0.4) is 0 Å². The molecule has 2 aliphatic rings. The minimum absolute atomic E-state index is 0.136. The first-order chi connectivity index (χ1) is 7.34. The molecule has 3 heteroatoms. The fraction of sp³-hybridized carbons (Fsp3) is 0.500. The van der Waals surface area contributed by atoms with Crippen LogP contribution in [0.2, 0.25) is 0 Å². The minimum Gasteiger partial charge on any atom is -0.486 e. The van der Waals surface area contributed by atoms with E-state index in [1.807, 2.05) is 24.3 Å². The molecule has 3 nitrogen and oxygen atoms in total. The molecule has 1 aromatic carbocycles. The van der Waals surface area contributed by atoms with E-state index < -0.39 is 0 Å². The standard InChI is InChI=1S/C12H15NO2/c13-8-12(5-6-12)11-7-14-9-3-1-2-4-10(9)15-11/h1-4,11H,5-8,13H2. The lowest BCUT2D eigenvalue weighted by Gasteiger charge is -2.31. The van der Waals surface area contributed by atoms with Crippen LogP contribution in [-0.2, 0) is 0 Å². The molecule has 0 spiro atoms. The minimum atomic E-state index is 0.136. The number of hydrogen-bond donors (Lipinski definition) is 1. The van der Waals surface area contributed by atoms with Crippen molar-refractivity contribution in [2.24, 2.45) is 11.1 Å². The number of para-hydroxylation sites is 2. The third-order valence-corrected chi connectivity index (χ3v) is 3.49. The summed E-state index contributed by atoms with van der Waals surface area (Å²) in [5, 5.41) is 0. The van der Waals surface area contributed by atoms with E-state index in [-0.39, 0.29) is 11.5 Å². The van der Waals surface area contributed by atoms with E-state index in [1.165, 1.54) is 12.8 Å². The maximum absolute atomic E-state index is 5.95. The Hall–Kier alpha value is -1.22. The van der Waals surface area contributed by atoms with Crippen LogP contribution in [0.25, 0.3) is 0 Å². The lowest BCUT2D eigenvalue weighted by atomic mass is 9.99. The van der Waals surface area contributed by atoms with Crippen molar-refractivity contribution in [1.29, 1.82) is 0 Å². The number of ether oxygens (including phenoxy) is 2. The summed E-state index contributed by atoms with van der Waals surface area (Å²) in [6.45, 7) is 1.33. The van der Waals surface area contributed by atoms with Gasteiger partial charge in [0.2, 0.25) is 0 Å². The molecular formula is C12H15NO2. The summed E-state index contributed by atoms with van der Waals surface area (Å²) >= 11 is 0. The Morgan fingerprint density at radius 2 is 2.00 bits per heavy atom. The topological polar surface area (TPSA) is 44.5 Å². The molecule has 1 fully saturated rings. The van der Waals surface area contributed by atoms with Crippen molar-refractivity contribution in [3.8, 4) is 11.5 Å². The SMILES string of the molecule is NCC1(C2COc3ccccc3O2)CC1. The lowest BCUT2D eigenvalue weighted by molar-refractivity contribution is 0.0400. The molecule has 1 aliphatic heterocycles. The summed E-state index contributed by atoms with van der Waals surface area (Å²) in [5.74, 6) is 1.70. The molecule has 0 amide bonds. The fourth-order valence-corrected chi connectivity index (χ4v) is 2.14. The molecule has 1 saturated carbocycles. The highest BCUT2D eigenvalue weighted by molar-refractivity contribution is 5.41. The molecule has 0 radical (unpaired) electrons. The second-order valence-corrected chi connectivity index (χ2v) is 4.43. The Labute approximate surface area is 89.2 Å². The van der Waals surface area contributed by atoms with Crippen LogP contribution in [0.4, 0.5) is 0 Å². The van der Waals surface area contributed by atoms with Gasteiger partial charge in [-0.2, -0.15) is 0 Å². The highest BCUT2D eigenvalue weighted by Crippen LogP contribution is 2.50. The molecule has 80 valence electrons. The summed E-state index contributed by atoms with van der Waals surface area (Å²) < 4.78 is 11.6. The van der Waals surface area contributed by atoms with Crippen LogP contribution >= 0.6 is 0 Å². The van der Waals surface area contributed by atoms with Crippen LogP contribution in [0, 0.1) is 5.41 Å². The van der Waals surface area contributed by atoms with Crippen molar-refractivity contribution in [3.63, 3.8) is 0 Å². The largest absolute Gasteiger partial charge is 0.486 e. The van der Waals surface area contributed by atoms with Crippen molar-refractivity contribution in [1.82, 2.24) is 0 Å². The van der Waals surface area contributed by atoms with Gasteiger partial charge in [-0.3, -0.25) is 0 Å². The maximum Gasteiger partial charge on any atom is 0.161 e. The average molecular weight is 205 g/mol. The molecule has 0 bridgehead atoms. The maximum atomic E-state index is 5.95. The Kier molecular flexibility index (Phi) is 1.89. The predicted molar refractivity (Wildman–Crippen MR) is 57.1 cm³/mol. The van der Waals surface area contributed by atoms with Crippen molar-refractivity contribution < 1.29 is 9.47 Å². The summed E-state index contributed by atoms with van der Waals surface area (Å²) in [5.41, 5.74) is 5.97. The van der Waals surface area contributed by atoms with Crippen LogP contribution in [0.1, 0.15) is 12.8 Å². The molecule has 1 aliphatic carbocycles. The molecule has 1 aromatic rings. The van der Waals surface area contributed by atoms with Crippen LogP contribution in [-0.4, -0.2) is 19.3 Å². The van der Waals surface area contributed by atoms with Gasteiger partial charge in [0, 0.05) is 12.0 Å². The first-order valence-electron chi connectivity index (χ1n) is 5.43. The van der Waals surface area contributed by atoms with Gasteiger partial charge < -0.3 is 15.2 Å². The third kappa shape index (κ3) is 1.38. The zero-order valence-corrected chi connectivity index (χ0v) is 8.61. The van der Waals surface area contributed by atoms with Gasteiger partial charge in [0.25, 0.3) is 0 Å². The number of fused-ring (bicyclic) bond motifs is 1. The van der Waals surface area contributed by atoms with E-state index in [2.05, 4.69) is 0 Å². The van der Waals surface area contributed by atoms with E-state index >= 15 is 0 Å². The quantitative estimate of drug-likeness (QED) is 0.797. The number of hydrogen-bond acceptors (Lipinski definition) is 3. The Morgan fingerprint density at radius 3 is 2.67 bits per heavy atom. The predicted octanol–water partition coefficient (Wildman–Crippen LogP) is 1.57. The molecular weight excluding hydrogens is 190 g/mol. The summed E-state index contributed by atoms with van der Waals surface area (Å²) in [4.78, 5) is 0. The molecule has 2 N–H and O–H groups in total. The van der Waals surface area contributed by atoms with Gasteiger partial charge in [0.05, 0.1) is 0 Å². The van der Waals surface area contributed by atoms with Gasteiger partial charge in [-0.15, -0.1) is 0 Å². The summed E-state index contributed by atoms with van der Waals surface area (Å²) in [6.07, 6.45) is 2.47. The lowest BCUT2D eigenvalue weighted by Crippen LogP contribution is -2.41. The molecule has 1 atom stereocenters. The molecule has 15 heavy (non-hydrogen) atoms. The van der Waals surface area contributed by atoms with E-state index in [0.717, 1.165) is 11.5 Å².